The Bertz CT molecular complexity index is 504. The highest BCUT2D eigenvalue weighted by atomic mass is 16.5. The van der Waals surface area contributed by atoms with Gasteiger partial charge in [0.1, 0.15) is 0 Å². The molecule has 1 aromatic rings. The Hall–Kier alpha value is -1.43. The number of carbonyl (C=O) groups excluding carboxylic acids is 1. The smallest absolute Gasteiger partial charge is 0.220 e. The molecule has 3 atom stereocenters. The van der Waals surface area contributed by atoms with Gasteiger partial charge in [-0.15, -0.1) is 0 Å². The van der Waals surface area contributed by atoms with Gasteiger partial charge >= 0.3 is 0 Å². The molecule has 5 heteroatoms. The molecule has 2 fully saturated rings. The second kappa shape index (κ2) is 7.90. The van der Waals surface area contributed by atoms with E-state index >= 15 is 0 Å². The van der Waals surface area contributed by atoms with Crippen LogP contribution in [-0.4, -0.2) is 42.4 Å². The molecule has 1 amide bonds. The van der Waals surface area contributed by atoms with E-state index in [1.54, 1.807) is 0 Å². The highest BCUT2D eigenvalue weighted by Gasteiger charge is 2.39. The van der Waals surface area contributed by atoms with Crippen molar-refractivity contribution in [3.8, 4) is 0 Å². The van der Waals surface area contributed by atoms with Crippen LogP contribution in [0.4, 0.5) is 0 Å². The Kier molecular flexibility index (Phi) is 5.65. The number of ether oxygens (including phenoxy) is 1. The first-order valence-corrected chi connectivity index (χ1v) is 8.55. The van der Waals surface area contributed by atoms with Gasteiger partial charge in [0.2, 0.25) is 5.91 Å². The largest absolute Gasteiger partial charge is 0.389 e. The lowest BCUT2D eigenvalue weighted by Crippen LogP contribution is -2.56. The number of hydrogen-bond donors (Lipinski definition) is 3. The topological polar surface area (TPSA) is 70.6 Å². The van der Waals surface area contributed by atoms with Crippen LogP contribution >= 0.6 is 0 Å². The maximum absolute atomic E-state index is 11.6. The molecule has 1 aromatic carbocycles. The van der Waals surface area contributed by atoms with Crippen LogP contribution in [0, 0.1) is 5.92 Å². The fraction of sp³-hybridized carbons (Fsp3) is 0.611. The Balaban J connectivity index is 1.36. The van der Waals surface area contributed by atoms with Crippen molar-refractivity contribution in [3.05, 3.63) is 35.9 Å². The lowest BCUT2D eigenvalue weighted by atomic mass is 9.94. The molecular formula is C18H26N2O3. The van der Waals surface area contributed by atoms with Gasteiger partial charge in [0, 0.05) is 25.0 Å². The molecule has 0 spiro atoms. The molecular weight excluding hydrogens is 292 g/mol. The zero-order valence-corrected chi connectivity index (χ0v) is 13.4. The Morgan fingerprint density at radius 2 is 2.04 bits per heavy atom. The van der Waals surface area contributed by atoms with E-state index in [0.717, 1.165) is 12.0 Å². The number of carbonyl (C=O) groups is 1. The summed E-state index contributed by atoms with van der Waals surface area (Å²) in [6, 6.07) is 10.4. The Morgan fingerprint density at radius 1 is 1.26 bits per heavy atom. The van der Waals surface area contributed by atoms with E-state index in [0.29, 0.717) is 32.1 Å². The molecule has 1 aliphatic carbocycles. The van der Waals surface area contributed by atoms with Gasteiger partial charge in [-0.1, -0.05) is 30.3 Å². The maximum atomic E-state index is 11.6. The van der Waals surface area contributed by atoms with E-state index in [2.05, 4.69) is 10.6 Å². The lowest BCUT2D eigenvalue weighted by molar-refractivity contribution is -0.124. The van der Waals surface area contributed by atoms with Crippen LogP contribution in [0.15, 0.2) is 30.3 Å². The molecule has 1 heterocycles. The Morgan fingerprint density at radius 3 is 2.78 bits per heavy atom. The number of aliphatic hydroxyl groups excluding tert-OH is 1. The molecule has 0 aromatic heterocycles. The van der Waals surface area contributed by atoms with E-state index in [9.17, 15) is 9.90 Å². The van der Waals surface area contributed by atoms with Crippen molar-refractivity contribution in [2.75, 3.05) is 13.2 Å². The minimum atomic E-state index is -0.531. The minimum absolute atomic E-state index is 0.159. The van der Waals surface area contributed by atoms with Crippen molar-refractivity contribution >= 4 is 5.91 Å². The monoisotopic (exact) mass is 318 g/mol. The number of amides is 1. The first-order valence-electron chi connectivity index (χ1n) is 8.55. The van der Waals surface area contributed by atoms with Crippen molar-refractivity contribution in [1.82, 2.24) is 10.6 Å². The van der Waals surface area contributed by atoms with Crippen molar-refractivity contribution < 1.29 is 14.6 Å². The molecule has 1 aliphatic heterocycles. The lowest BCUT2D eigenvalue weighted by Gasteiger charge is -2.33. The van der Waals surface area contributed by atoms with Crippen LogP contribution in [0.2, 0.25) is 0 Å². The summed E-state index contributed by atoms with van der Waals surface area (Å²) in [6.45, 7) is 1.33. The summed E-state index contributed by atoms with van der Waals surface area (Å²) >= 11 is 0. The van der Waals surface area contributed by atoms with Crippen molar-refractivity contribution in [1.29, 1.82) is 0 Å². The fourth-order valence-electron chi connectivity index (χ4n) is 3.19. The van der Waals surface area contributed by atoms with E-state index in [4.69, 9.17) is 4.74 Å². The van der Waals surface area contributed by atoms with Crippen LogP contribution in [0.5, 0.6) is 0 Å². The molecule has 3 rings (SSSR count). The van der Waals surface area contributed by atoms with Crippen LogP contribution in [0.25, 0.3) is 0 Å². The predicted octanol–water partition coefficient (Wildman–Crippen LogP) is 1.21. The van der Waals surface area contributed by atoms with Gasteiger partial charge in [-0.25, -0.2) is 0 Å². The summed E-state index contributed by atoms with van der Waals surface area (Å²) in [4.78, 5) is 11.6. The second-order valence-electron chi connectivity index (χ2n) is 6.64. The summed E-state index contributed by atoms with van der Waals surface area (Å²) in [5, 5.41) is 16.6. The maximum Gasteiger partial charge on any atom is 0.220 e. The predicted molar refractivity (Wildman–Crippen MR) is 87.8 cm³/mol. The van der Waals surface area contributed by atoms with Crippen molar-refractivity contribution in [2.24, 2.45) is 5.92 Å². The zero-order chi connectivity index (χ0) is 16.1. The Labute approximate surface area is 137 Å². The molecule has 0 bridgehead atoms. The van der Waals surface area contributed by atoms with E-state index in [1.807, 2.05) is 30.3 Å². The van der Waals surface area contributed by atoms with Gasteiger partial charge in [0.25, 0.3) is 0 Å². The van der Waals surface area contributed by atoms with Crippen LogP contribution in [0.3, 0.4) is 0 Å². The highest BCUT2D eigenvalue weighted by Crippen LogP contribution is 2.36. The number of nitrogens with one attached hydrogen (secondary N) is 2. The van der Waals surface area contributed by atoms with Gasteiger partial charge in [0.15, 0.2) is 0 Å². The van der Waals surface area contributed by atoms with Crippen LogP contribution < -0.4 is 10.6 Å². The molecule has 126 valence electrons. The van der Waals surface area contributed by atoms with E-state index < -0.39 is 6.10 Å². The zero-order valence-electron chi connectivity index (χ0n) is 13.4. The molecule has 2 unspecified atom stereocenters. The van der Waals surface area contributed by atoms with Gasteiger partial charge in [0.05, 0.1) is 19.3 Å². The average molecular weight is 318 g/mol. The summed E-state index contributed by atoms with van der Waals surface area (Å²) in [5.41, 5.74) is 1.11. The van der Waals surface area contributed by atoms with Gasteiger partial charge in [-0.2, -0.15) is 0 Å². The molecule has 3 N–H and O–H groups in total. The van der Waals surface area contributed by atoms with Crippen molar-refractivity contribution in [3.63, 3.8) is 0 Å². The van der Waals surface area contributed by atoms with Crippen molar-refractivity contribution in [2.45, 2.75) is 50.5 Å². The van der Waals surface area contributed by atoms with Gasteiger partial charge in [-0.05, 0) is 30.7 Å². The number of aliphatic hydroxyl groups is 1. The minimum Gasteiger partial charge on any atom is -0.389 e. The van der Waals surface area contributed by atoms with Crippen LogP contribution in [-0.2, 0) is 16.1 Å². The van der Waals surface area contributed by atoms with E-state index in [1.165, 1.54) is 12.8 Å². The molecule has 0 radical (unpaired) electrons. The molecule has 1 saturated heterocycles. The number of hydrogen-bond acceptors (Lipinski definition) is 4. The fourth-order valence-corrected chi connectivity index (χ4v) is 3.19. The third-order valence-corrected chi connectivity index (χ3v) is 4.61. The average Bonchev–Trinajstić information content (AvgIpc) is 3.39. The SMILES string of the molecule is O=C1CCC(NC[C@H](O)COCc2ccccc2)C(C2CC2)N1. The summed E-state index contributed by atoms with van der Waals surface area (Å²) in [7, 11) is 0. The molecule has 5 nitrogen and oxygen atoms in total. The van der Waals surface area contributed by atoms with Crippen LogP contribution in [0.1, 0.15) is 31.2 Å². The first-order chi connectivity index (χ1) is 11.2. The normalized spacial score (nSPS) is 25.9. The highest BCUT2D eigenvalue weighted by molar-refractivity contribution is 5.77. The standard InChI is InChI=1S/C18H26N2O3/c21-15(12-23-11-13-4-2-1-3-5-13)10-19-16-8-9-17(22)20-18(16)14-6-7-14/h1-5,14-16,18-19,21H,6-12H2,(H,20,22)/t15-,16?,18?/m0/s1. The third-order valence-electron chi connectivity index (χ3n) is 4.61. The summed E-state index contributed by atoms with van der Waals surface area (Å²) in [5.74, 6) is 0.773. The van der Waals surface area contributed by atoms with Gasteiger partial charge < -0.3 is 20.5 Å². The number of benzene rings is 1. The third kappa shape index (κ3) is 5.03. The molecule has 2 aliphatic rings. The number of piperidine rings is 1. The number of rotatable bonds is 8. The molecule has 23 heavy (non-hydrogen) atoms. The summed E-state index contributed by atoms with van der Waals surface area (Å²) < 4.78 is 5.57. The second-order valence-corrected chi connectivity index (χ2v) is 6.64. The first kappa shape index (κ1) is 16.4. The van der Waals surface area contributed by atoms with Gasteiger partial charge in [-0.3, -0.25) is 4.79 Å². The quantitative estimate of drug-likeness (QED) is 0.674. The summed E-state index contributed by atoms with van der Waals surface area (Å²) in [6.07, 6.45) is 3.29. The molecule has 1 saturated carbocycles. The van der Waals surface area contributed by atoms with E-state index in [-0.39, 0.29) is 18.0 Å².